The van der Waals surface area contributed by atoms with E-state index < -0.39 is 0 Å². The lowest BCUT2D eigenvalue weighted by Gasteiger charge is -2.23. The minimum atomic E-state index is -0.244. The predicted molar refractivity (Wildman–Crippen MR) is 95.8 cm³/mol. The fraction of sp³-hybridized carbons (Fsp3) is 0.579. The molecule has 0 atom stereocenters. The predicted octanol–water partition coefficient (Wildman–Crippen LogP) is 2.35. The van der Waals surface area contributed by atoms with Crippen LogP contribution in [0.2, 0.25) is 0 Å². The van der Waals surface area contributed by atoms with Crippen LogP contribution in [0.15, 0.2) is 30.3 Å². The second kappa shape index (κ2) is 11.6. The normalized spacial score (nSPS) is 10.7. The molecule has 0 aliphatic carbocycles. The van der Waals surface area contributed by atoms with Crippen LogP contribution < -0.4 is 0 Å². The van der Waals surface area contributed by atoms with Crippen LogP contribution in [0.25, 0.3) is 0 Å². The van der Waals surface area contributed by atoms with Crippen LogP contribution in [0.3, 0.4) is 0 Å². The quantitative estimate of drug-likeness (QED) is 0.583. The van der Waals surface area contributed by atoms with Gasteiger partial charge in [0.2, 0.25) is 5.91 Å². The van der Waals surface area contributed by atoms with Crippen molar-refractivity contribution in [2.75, 3.05) is 40.3 Å². The summed E-state index contributed by atoms with van der Waals surface area (Å²) in [7, 11) is 4.03. The third-order valence-corrected chi connectivity index (χ3v) is 3.75. The van der Waals surface area contributed by atoms with Crippen LogP contribution in [0, 0.1) is 0 Å². The molecule has 5 nitrogen and oxygen atoms in total. The number of ether oxygens (including phenoxy) is 1. The molecule has 0 aliphatic rings. The van der Waals surface area contributed by atoms with E-state index in [9.17, 15) is 9.59 Å². The van der Waals surface area contributed by atoms with E-state index in [1.165, 1.54) is 0 Å². The Hall–Kier alpha value is -1.88. The van der Waals surface area contributed by atoms with E-state index in [0.29, 0.717) is 26.1 Å². The highest BCUT2D eigenvalue weighted by atomic mass is 16.5. The van der Waals surface area contributed by atoms with Crippen molar-refractivity contribution < 1.29 is 14.3 Å². The Bertz CT molecular complexity index is 489. The van der Waals surface area contributed by atoms with Crippen LogP contribution in [0.1, 0.15) is 31.7 Å². The van der Waals surface area contributed by atoms with Crippen LogP contribution >= 0.6 is 0 Å². The average molecular weight is 334 g/mol. The molecule has 0 saturated heterocycles. The Morgan fingerprint density at radius 3 is 2.33 bits per heavy atom. The van der Waals surface area contributed by atoms with Crippen molar-refractivity contribution in [2.45, 2.75) is 32.6 Å². The van der Waals surface area contributed by atoms with Crippen molar-refractivity contribution in [3.8, 4) is 0 Å². The van der Waals surface area contributed by atoms with Crippen LogP contribution in [-0.2, 0) is 20.7 Å². The van der Waals surface area contributed by atoms with Crippen molar-refractivity contribution in [1.29, 1.82) is 0 Å². The molecule has 1 rings (SSSR count). The van der Waals surface area contributed by atoms with E-state index in [1.807, 2.05) is 44.4 Å². The minimum Gasteiger partial charge on any atom is -0.466 e. The van der Waals surface area contributed by atoms with E-state index >= 15 is 0 Å². The van der Waals surface area contributed by atoms with E-state index in [-0.39, 0.29) is 18.3 Å². The largest absolute Gasteiger partial charge is 0.466 e. The molecule has 0 N–H and O–H groups in total. The number of rotatable bonds is 11. The molecule has 0 aliphatic heterocycles. The van der Waals surface area contributed by atoms with Crippen molar-refractivity contribution >= 4 is 11.9 Å². The molecular weight excluding hydrogens is 304 g/mol. The van der Waals surface area contributed by atoms with Gasteiger partial charge >= 0.3 is 5.97 Å². The standard InChI is InChI=1S/C19H30N2O3/c1-4-24-19(23)13-16-21(15-8-14-20(2)3)18(22)12-11-17-9-6-5-7-10-17/h5-7,9-10H,4,8,11-16H2,1-3H3. The van der Waals surface area contributed by atoms with Gasteiger partial charge in [0, 0.05) is 19.5 Å². The SMILES string of the molecule is CCOC(=O)CCN(CCCN(C)C)C(=O)CCc1ccccc1. The van der Waals surface area contributed by atoms with Gasteiger partial charge in [0.05, 0.1) is 13.0 Å². The van der Waals surface area contributed by atoms with Crippen molar-refractivity contribution in [3.63, 3.8) is 0 Å². The average Bonchev–Trinajstić information content (AvgIpc) is 2.56. The summed E-state index contributed by atoms with van der Waals surface area (Å²) in [4.78, 5) is 28.0. The summed E-state index contributed by atoms with van der Waals surface area (Å²) >= 11 is 0. The molecule has 1 aromatic carbocycles. The Morgan fingerprint density at radius 2 is 1.71 bits per heavy atom. The van der Waals surface area contributed by atoms with Crippen molar-refractivity contribution in [2.24, 2.45) is 0 Å². The van der Waals surface area contributed by atoms with Gasteiger partial charge in [-0.1, -0.05) is 30.3 Å². The first kappa shape index (κ1) is 20.2. The second-order valence-corrected chi connectivity index (χ2v) is 6.08. The molecule has 5 heteroatoms. The molecule has 0 heterocycles. The van der Waals surface area contributed by atoms with Gasteiger partial charge in [0.15, 0.2) is 0 Å². The first-order valence-corrected chi connectivity index (χ1v) is 8.65. The van der Waals surface area contributed by atoms with Crippen LogP contribution in [0.5, 0.6) is 0 Å². The number of hydrogen-bond acceptors (Lipinski definition) is 4. The molecule has 0 bridgehead atoms. The lowest BCUT2D eigenvalue weighted by Crippen LogP contribution is -2.35. The Morgan fingerprint density at radius 1 is 1.00 bits per heavy atom. The molecule has 0 fully saturated rings. The highest BCUT2D eigenvalue weighted by Gasteiger charge is 2.15. The smallest absolute Gasteiger partial charge is 0.307 e. The highest BCUT2D eigenvalue weighted by Crippen LogP contribution is 2.06. The molecule has 0 saturated carbocycles. The summed E-state index contributed by atoms with van der Waals surface area (Å²) in [5.41, 5.74) is 1.16. The number of nitrogens with zero attached hydrogens (tertiary/aromatic N) is 2. The zero-order valence-corrected chi connectivity index (χ0v) is 15.2. The Kier molecular flexibility index (Phi) is 9.77. The zero-order valence-electron chi connectivity index (χ0n) is 15.2. The highest BCUT2D eigenvalue weighted by molar-refractivity contribution is 5.77. The lowest BCUT2D eigenvalue weighted by atomic mass is 10.1. The van der Waals surface area contributed by atoms with Gasteiger partial charge in [-0.2, -0.15) is 0 Å². The molecule has 0 spiro atoms. The van der Waals surface area contributed by atoms with E-state index in [0.717, 1.165) is 24.9 Å². The van der Waals surface area contributed by atoms with Gasteiger partial charge in [-0.05, 0) is 46.0 Å². The molecule has 1 aromatic rings. The summed E-state index contributed by atoms with van der Waals surface area (Å²) < 4.78 is 4.96. The van der Waals surface area contributed by atoms with Gasteiger partial charge in [0.1, 0.15) is 0 Å². The summed E-state index contributed by atoms with van der Waals surface area (Å²) in [5.74, 6) is -0.145. The second-order valence-electron chi connectivity index (χ2n) is 6.08. The van der Waals surface area contributed by atoms with Gasteiger partial charge in [-0.15, -0.1) is 0 Å². The fourth-order valence-corrected chi connectivity index (χ4v) is 2.45. The van der Waals surface area contributed by atoms with Gasteiger partial charge < -0.3 is 14.5 Å². The van der Waals surface area contributed by atoms with E-state index in [2.05, 4.69) is 4.90 Å². The fourth-order valence-electron chi connectivity index (χ4n) is 2.45. The number of benzene rings is 1. The molecule has 0 aromatic heterocycles. The number of aryl methyl sites for hydroxylation is 1. The number of esters is 1. The number of amides is 1. The molecule has 134 valence electrons. The first-order valence-electron chi connectivity index (χ1n) is 8.65. The lowest BCUT2D eigenvalue weighted by molar-refractivity contribution is -0.144. The first-order chi connectivity index (χ1) is 11.5. The maximum Gasteiger partial charge on any atom is 0.307 e. The number of hydrogen-bond donors (Lipinski definition) is 0. The maximum atomic E-state index is 12.5. The molecule has 0 radical (unpaired) electrons. The summed E-state index contributed by atoms with van der Waals surface area (Å²) in [6, 6.07) is 9.99. The van der Waals surface area contributed by atoms with Crippen LogP contribution in [0.4, 0.5) is 0 Å². The molecule has 1 amide bonds. The topological polar surface area (TPSA) is 49.9 Å². The van der Waals surface area contributed by atoms with Crippen molar-refractivity contribution in [3.05, 3.63) is 35.9 Å². The summed E-state index contributed by atoms with van der Waals surface area (Å²) in [5, 5.41) is 0. The van der Waals surface area contributed by atoms with Crippen molar-refractivity contribution in [1.82, 2.24) is 9.80 Å². The molecule has 0 unspecified atom stereocenters. The Labute approximate surface area is 145 Å². The third kappa shape index (κ3) is 8.67. The number of carbonyl (C=O) groups excluding carboxylic acids is 2. The minimum absolute atomic E-state index is 0.0990. The summed E-state index contributed by atoms with van der Waals surface area (Å²) in [6.07, 6.45) is 2.35. The monoisotopic (exact) mass is 334 g/mol. The Balaban J connectivity index is 2.50. The van der Waals surface area contributed by atoms with Gasteiger partial charge in [-0.25, -0.2) is 0 Å². The van der Waals surface area contributed by atoms with Crippen LogP contribution in [-0.4, -0.2) is 62.0 Å². The van der Waals surface area contributed by atoms with E-state index in [4.69, 9.17) is 4.74 Å². The van der Waals surface area contributed by atoms with Gasteiger partial charge in [-0.3, -0.25) is 9.59 Å². The third-order valence-electron chi connectivity index (χ3n) is 3.75. The number of carbonyl (C=O) groups is 2. The van der Waals surface area contributed by atoms with E-state index in [1.54, 1.807) is 11.8 Å². The summed E-state index contributed by atoms with van der Waals surface area (Å²) in [6.45, 7) is 4.19. The zero-order chi connectivity index (χ0) is 17.8. The molecule has 24 heavy (non-hydrogen) atoms. The maximum absolute atomic E-state index is 12.5. The van der Waals surface area contributed by atoms with Gasteiger partial charge in [0.25, 0.3) is 0 Å². The molecular formula is C19H30N2O3.